The molecule has 0 aliphatic carbocycles. The van der Waals surface area contributed by atoms with Gasteiger partial charge in [0, 0.05) is 25.6 Å². The number of anilines is 1. The van der Waals surface area contributed by atoms with Gasteiger partial charge in [-0.2, -0.15) is 0 Å². The van der Waals surface area contributed by atoms with E-state index in [9.17, 15) is 19.1 Å². The Balaban J connectivity index is 1.36. The summed E-state index contributed by atoms with van der Waals surface area (Å²) in [5.41, 5.74) is 3.52. The van der Waals surface area contributed by atoms with Gasteiger partial charge in [-0.1, -0.05) is 55.5 Å². The van der Waals surface area contributed by atoms with E-state index in [0.29, 0.717) is 42.2 Å². The number of carbonyl (C=O) groups is 2. The number of para-hydroxylation sites is 2. The lowest BCUT2D eigenvalue weighted by Crippen LogP contribution is -2.49. The first-order valence-corrected chi connectivity index (χ1v) is 16.3. The van der Waals surface area contributed by atoms with Crippen molar-refractivity contribution in [1.82, 2.24) is 9.80 Å². The summed E-state index contributed by atoms with van der Waals surface area (Å²) in [6, 6.07) is 26.4. The van der Waals surface area contributed by atoms with Crippen LogP contribution in [0.4, 0.5) is 10.1 Å². The van der Waals surface area contributed by atoms with Crippen molar-refractivity contribution in [2.75, 3.05) is 32.1 Å². The Kier molecular flexibility index (Phi) is 11.1. The van der Waals surface area contributed by atoms with Crippen LogP contribution in [0, 0.1) is 18.7 Å². The van der Waals surface area contributed by atoms with Gasteiger partial charge in [-0.05, 0) is 87.0 Å². The zero-order chi connectivity index (χ0) is 34.4. The van der Waals surface area contributed by atoms with Crippen molar-refractivity contribution in [3.63, 3.8) is 0 Å². The van der Waals surface area contributed by atoms with Gasteiger partial charge in [0.25, 0.3) is 5.91 Å². The Morgan fingerprint density at radius 1 is 1.04 bits per heavy atom. The first kappa shape index (κ1) is 34.6. The Labute approximate surface area is 282 Å². The molecule has 1 aliphatic rings. The number of benzene rings is 4. The molecule has 0 fully saturated rings. The first-order chi connectivity index (χ1) is 23.0. The van der Waals surface area contributed by atoms with Gasteiger partial charge >= 0.3 is 0 Å². The van der Waals surface area contributed by atoms with Gasteiger partial charge in [-0.15, -0.1) is 0 Å². The highest BCUT2D eigenvalue weighted by Gasteiger charge is 2.35. The molecule has 0 bridgehead atoms. The molecular weight excluding hydrogens is 609 g/mol. The second-order valence-electron chi connectivity index (χ2n) is 12.8. The third-order valence-corrected chi connectivity index (χ3v) is 8.90. The number of carbonyl (C=O) groups excluding carboxylic acids is 2. The maximum absolute atomic E-state index is 13.9. The lowest BCUT2D eigenvalue weighted by Gasteiger charge is -2.38. The van der Waals surface area contributed by atoms with E-state index < -0.39 is 12.0 Å². The maximum Gasteiger partial charge on any atom is 0.258 e. The van der Waals surface area contributed by atoms with Crippen LogP contribution >= 0.6 is 0 Å². The van der Waals surface area contributed by atoms with E-state index >= 15 is 0 Å². The van der Waals surface area contributed by atoms with Gasteiger partial charge in [-0.25, -0.2) is 4.39 Å². The number of amides is 2. The topological polar surface area (TPSA) is 91.3 Å². The van der Waals surface area contributed by atoms with Crippen molar-refractivity contribution in [3.05, 3.63) is 119 Å². The van der Waals surface area contributed by atoms with Crippen LogP contribution in [-0.4, -0.2) is 65.6 Å². The van der Waals surface area contributed by atoms with E-state index in [-0.39, 0.29) is 36.3 Å². The van der Waals surface area contributed by atoms with Gasteiger partial charge in [0.1, 0.15) is 23.4 Å². The lowest BCUT2D eigenvalue weighted by molar-refractivity contribution is -0.117. The number of nitrogens with zero attached hydrogens (tertiary/aromatic N) is 2. The lowest BCUT2D eigenvalue weighted by atomic mass is 9.98. The summed E-state index contributed by atoms with van der Waals surface area (Å²) < 4.78 is 26.3. The number of likely N-dealkylation sites (N-methyl/N-ethyl adjacent to an activating group) is 1. The minimum Gasteiger partial charge on any atom is -0.486 e. The van der Waals surface area contributed by atoms with Crippen LogP contribution < -0.4 is 14.8 Å². The molecule has 1 unspecified atom stereocenters. The molecule has 0 radical (unpaired) electrons. The predicted molar refractivity (Wildman–Crippen MR) is 185 cm³/mol. The zero-order valence-electron chi connectivity index (χ0n) is 28.2. The van der Waals surface area contributed by atoms with E-state index in [1.807, 2.05) is 76.3 Å². The number of fused-ring (bicyclic) bond motifs is 1. The standard InChI is InChI=1S/C39H44FN3O5/c1-25-9-6-7-12-35(25)47-32-19-13-29(14-20-32)22-42(5)23-36-26(2)21-43(27(3)24-44)39(46)33-10-8-11-34(37(33)48-36)41-38(45)28(4)30-15-17-31(40)18-16-30/h6-20,26-28,36,44H,21-24H2,1-5H3,(H,41,45)/t26-,27+,28?,36-/m1/s1. The number of aryl methyl sites for hydroxylation is 1. The number of hydrogen-bond donors (Lipinski definition) is 2. The van der Waals surface area contributed by atoms with E-state index in [4.69, 9.17) is 9.47 Å². The highest BCUT2D eigenvalue weighted by molar-refractivity contribution is 6.02. The highest BCUT2D eigenvalue weighted by Crippen LogP contribution is 2.36. The van der Waals surface area contributed by atoms with Crippen molar-refractivity contribution in [2.24, 2.45) is 5.92 Å². The monoisotopic (exact) mass is 653 g/mol. The molecule has 0 aromatic heterocycles. The first-order valence-electron chi connectivity index (χ1n) is 16.3. The van der Waals surface area contributed by atoms with Crippen LogP contribution in [0.5, 0.6) is 17.2 Å². The number of halogens is 1. The van der Waals surface area contributed by atoms with E-state index in [1.54, 1.807) is 42.2 Å². The summed E-state index contributed by atoms with van der Waals surface area (Å²) >= 11 is 0. The van der Waals surface area contributed by atoms with E-state index in [0.717, 1.165) is 22.6 Å². The zero-order valence-corrected chi connectivity index (χ0v) is 28.2. The molecule has 2 amide bonds. The summed E-state index contributed by atoms with van der Waals surface area (Å²) in [6.07, 6.45) is -0.355. The number of hydrogen-bond acceptors (Lipinski definition) is 6. The summed E-state index contributed by atoms with van der Waals surface area (Å²) in [6.45, 7) is 8.99. The molecule has 252 valence electrons. The minimum atomic E-state index is -0.578. The molecule has 2 N–H and O–H groups in total. The van der Waals surface area contributed by atoms with Crippen LogP contribution in [0.1, 0.15) is 53.7 Å². The molecule has 9 heteroatoms. The average Bonchev–Trinajstić information content (AvgIpc) is 3.08. The fourth-order valence-electron chi connectivity index (χ4n) is 5.85. The van der Waals surface area contributed by atoms with E-state index in [2.05, 4.69) is 10.2 Å². The summed E-state index contributed by atoms with van der Waals surface area (Å²) in [5, 5.41) is 13.0. The molecular formula is C39H44FN3O5. The van der Waals surface area contributed by atoms with Crippen molar-refractivity contribution in [2.45, 2.75) is 52.3 Å². The number of aliphatic hydroxyl groups is 1. The number of aliphatic hydroxyl groups excluding tert-OH is 1. The second-order valence-corrected chi connectivity index (χ2v) is 12.8. The number of nitrogens with one attached hydrogen (secondary N) is 1. The Morgan fingerprint density at radius 2 is 1.75 bits per heavy atom. The van der Waals surface area contributed by atoms with Crippen LogP contribution in [0.2, 0.25) is 0 Å². The highest BCUT2D eigenvalue weighted by atomic mass is 19.1. The summed E-state index contributed by atoms with van der Waals surface area (Å²) in [7, 11) is 2.02. The molecule has 0 spiro atoms. The predicted octanol–water partition coefficient (Wildman–Crippen LogP) is 7.02. The fourth-order valence-corrected chi connectivity index (χ4v) is 5.85. The second kappa shape index (κ2) is 15.4. The molecule has 4 aromatic carbocycles. The Hall–Kier alpha value is -4.73. The van der Waals surface area contributed by atoms with Gasteiger partial charge < -0.3 is 24.8 Å². The molecule has 1 heterocycles. The van der Waals surface area contributed by atoms with Gasteiger partial charge in [0.15, 0.2) is 5.75 Å². The molecule has 4 aromatic rings. The third-order valence-electron chi connectivity index (χ3n) is 8.90. The molecule has 8 nitrogen and oxygen atoms in total. The van der Waals surface area contributed by atoms with Crippen molar-refractivity contribution >= 4 is 17.5 Å². The maximum atomic E-state index is 13.9. The van der Waals surface area contributed by atoms with Gasteiger partial charge in [0.05, 0.1) is 29.8 Å². The van der Waals surface area contributed by atoms with E-state index in [1.165, 1.54) is 12.1 Å². The molecule has 1 aliphatic heterocycles. The average molecular weight is 654 g/mol. The fraction of sp³-hybridized carbons (Fsp3) is 0.333. The van der Waals surface area contributed by atoms with Crippen LogP contribution in [-0.2, 0) is 11.3 Å². The molecule has 4 atom stereocenters. The van der Waals surface area contributed by atoms with Crippen LogP contribution in [0.3, 0.4) is 0 Å². The van der Waals surface area contributed by atoms with Gasteiger partial charge in [0.2, 0.25) is 5.91 Å². The molecule has 48 heavy (non-hydrogen) atoms. The Bertz CT molecular complexity index is 1710. The van der Waals surface area contributed by atoms with Gasteiger partial charge in [-0.3, -0.25) is 14.5 Å². The normalized spacial score (nSPS) is 17.5. The molecule has 5 rings (SSSR count). The largest absolute Gasteiger partial charge is 0.486 e. The SMILES string of the molecule is Cc1ccccc1Oc1ccc(CN(C)C[C@H]2Oc3c(NC(=O)C(C)c4ccc(F)cc4)cccc3C(=O)N([C@@H](C)CO)C[C@H]2C)cc1. The minimum absolute atomic E-state index is 0.106. The molecule has 0 saturated heterocycles. The molecule has 0 saturated carbocycles. The smallest absolute Gasteiger partial charge is 0.258 e. The van der Waals surface area contributed by atoms with Crippen LogP contribution in [0.25, 0.3) is 0 Å². The summed E-state index contributed by atoms with van der Waals surface area (Å²) in [4.78, 5) is 31.1. The number of rotatable bonds is 11. The summed E-state index contributed by atoms with van der Waals surface area (Å²) in [5.74, 6) is 0.220. The van der Waals surface area contributed by atoms with Crippen molar-refractivity contribution in [1.29, 1.82) is 0 Å². The van der Waals surface area contributed by atoms with Crippen molar-refractivity contribution < 1.29 is 28.6 Å². The third kappa shape index (κ3) is 8.21. The van der Waals surface area contributed by atoms with Crippen molar-refractivity contribution in [3.8, 4) is 17.2 Å². The Morgan fingerprint density at radius 3 is 2.44 bits per heavy atom. The quantitative estimate of drug-likeness (QED) is 0.181. The van der Waals surface area contributed by atoms with Crippen LogP contribution in [0.15, 0.2) is 91.0 Å². The number of ether oxygens (including phenoxy) is 2.